The van der Waals surface area contributed by atoms with Gasteiger partial charge in [-0.25, -0.2) is 4.98 Å². The fraction of sp³-hybridized carbons (Fsp3) is 0.125. The third kappa shape index (κ3) is 4.21. The van der Waals surface area contributed by atoms with Gasteiger partial charge in [-0.05, 0) is 29.8 Å². The van der Waals surface area contributed by atoms with Crippen LogP contribution in [0.25, 0.3) is 0 Å². The van der Waals surface area contributed by atoms with Gasteiger partial charge in [-0.15, -0.1) is 0 Å². The molecule has 3 aromatic rings. The summed E-state index contributed by atoms with van der Waals surface area (Å²) in [7, 11) is 0. The van der Waals surface area contributed by atoms with Gasteiger partial charge in [0.05, 0.1) is 0 Å². The summed E-state index contributed by atoms with van der Waals surface area (Å²) in [5, 5.41) is 1.07. The summed E-state index contributed by atoms with van der Waals surface area (Å²) in [6.07, 6.45) is 3.28. The summed E-state index contributed by atoms with van der Waals surface area (Å²) in [6.45, 7) is 0. The normalized spacial score (nSPS) is 12.1. The third-order valence-electron chi connectivity index (χ3n) is 3.12. The molecule has 1 atom stereocenters. The Balaban J connectivity index is 1.87. The third-order valence-corrected chi connectivity index (χ3v) is 3.56. The highest BCUT2D eigenvalue weighted by Gasteiger charge is 2.18. The van der Waals surface area contributed by atoms with E-state index in [1.807, 2.05) is 0 Å². The van der Waals surface area contributed by atoms with E-state index in [0.29, 0.717) is 22.3 Å². The number of aromatic amines is 1. The number of H-pyrrole nitrogens is 1. The van der Waals surface area contributed by atoms with E-state index in [1.165, 1.54) is 12.1 Å². The highest BCUT2D eigenvalue weighted by molar-refractivity contribution is 6.34. The Labute approximate surface area is 142 Å². The van der Waals surface area contributed by atoms with Crippen molar-refractivity contribution >= 4 is 23.2 Å². The number of imidazole rings is 1. The quantitative estimate of drug-likeness (QED) is 0.682. The Bertz CT molecular complexity index is 776. The maximum absolute atomic E-state index is 13.2. The van der Waals surface area contributed by atoms with Crippen molar-refractivity contribution in [2.24, 2.45) is 0 Å². The zero-order valence-corrected chi connectivity index (χ0v) is 13.4. The molecule has 2 aromatic heterocycles. The lowest BCUT2D eigenvalue weighted by Crippen LogP contribution is -2.13. The first-order chi connectivity index (χ1) is 11.1. The molecule has 1 N–H and O–H groups in total. The van der Waals surface area contributed by atoms with Gasteiger partial charge in [0.15, 0.2) is 6.10 Å². The molecule has 0 spiro atoms. The Morgan fingerprint density at radius 3 is 2.61 bits per heavy atom. The van der Waals surface area contributed by atoms with Crippen LogP contribution in [-0.4, -0.2) is 15.0 Å². The van der Waals surface area contributed by atoms with Gasteiger partial charge in [0.25, 0.3) is 0 Å². The first kappa shape index (κ1) is 15.8. The second-order valence-corrected chi connectivity index (χ2v) is 5.73. The second-order valence-electron chi connectivity index (χ2n) is 4.86. The molecule has 1 aromatic carbocycles. The Morgan fingerprint density at radius 1 is 1.17 bits per heavy atom. The van der Waals surface area contributed by atoms with Crippen LogP contribution in [0.5, 0.6) is 5.88 Å². The molecule has 0 bridgehead atoms. The van der Waals surface area contributed by atoms with Crippen LogP contribution in [0, 0.1) is 5.95 Å². The highest BCUT2D eigenvalue weighted by Crippen LogP contribution is 2.26. The van der Waals surface area contributed by atoms with Gasteiger partial charge in [0, 0.05) is 34.9 Å². The van der Waals surface area contributed by atoms with Crippen molar-refractivity contribution in [3.8, 4) is 5.88 Å². The van der Waals surface area contributed by atoms with Gasteiger partial charge in [-0.1, -0.05) is 29.3 Å². The van der Waals surface area contributed by atoms with Crippen LogP contribution in [0.2, 0.25) is 10.0 Å². The molecule has 3 rings (SSSR count). The van der Waals surface area contributed by atoms with Gasteiger partial charge in [0.2, 0.25) is 11.8 Å². The van der Waals surface area contributed by atoms with E-state index >= 15 is 0 Å². The van der Waals surface area contributed by atoms with Crippen LogP contribution >= 0.6 is 23.2 Å². The van der Waals surface area contributed by atoms with Crippen LogP contribution in [0.4, 0.5) is 4.39 Å². The standard InChI is InChI=1S/C16H12Cl2FN3O/c17-11-6-10(7-12(18)9-11)8-13(16-20-4-5-21-16)23-15-3-1-2-14(19)22-15/h1-7,9,13H,8H2,(H,20,21). The van der Waals surface area contributed by atoms with Crippen molar-refractivity contribution in [1.82, 2.24) is 15.0 Å². The van der Waals surface area contributed by atoms with Gasteiger partial charge in [0.1, 0.15) is 5.82 Å². The maximum Gasteiger partial charge on any atom is 0.216 e. The Hall–Kier alpha value is -2.11. The van der Waals surface area contributed by atoms with Crippen LogP contribution in [0.3, 0.4) is 0 Å². The molecule has 0 fully saturated rings. The molecule has 0 saturated carbocycles. The number of ether oxygens (including phenoxy) is 1. The van der Waals surface area contributed by atoms with Crippen LogP contribution in [0.15, 0.2) is 48.8 Å². The molecule has 0 radical (unpaired) electrons. The minimum absolute atomic E-state index is 0.180. The molecule has 0 saturated heterocycles. The predicted molar refractivity (Wildman–Crippen MR) is 86.3 cm³/mol. The fourth-order valence-corrected chi connectivity index (χ4v) is 2.76. The molecular weight excluding hydrogens is 340 g/mol. The summed E-state index contributed by atoms with van der Waals surface area (Å²) in [6, 6.07) is 9.63. The number of rotatable bonds is 5. The average molecular weight is 352 g/mol. The van der Waals surface area contributed by atoms with Crippen molar-refractivity contribution in [3.05, 3.63) is 76.2 Å². The van der Waals surface area contributed by atoms with Crippen LogP contribution in [0.1, 0.15) is 17.5 Å². The Kier molecular flexibility index (Phi) is 4.79. The lowest BCUT2D eigenvalue weighted by Gasteiger charge is -2.17. The van der Waals surface area contributed by atoms with Gasteiger partial charge >= 0.3 is 0 Å². The molecule has 7 heteroatoms. The number of hydrogen-bond donors (Lipinski definition) is 1. The molecule has 23 heavy (non-hydrogen) atoms. The van der Waals surface area contributed by atoms with E-state index in [1.54, 1.807) is 36.7 Å². The van der Waals surface area contributed by atoms with Gasteiger partial charge < -0.3 is 9.72 Å². The molecule has 118 valence electrons. The van der Waals surface area contributed by atoms with Gasteiger partial charge in [-0.2, -0.15) is 9.37 Å². The minimum Gasteiger partial charge on any atom is -0.466 e. The number of hydrogen-bond acceptors (Lipinski definition) is 3. The number of nitrogens with one attached hydrogen (secondary N) is 1. The average Bonchev–Trinajstić information content (AvgIpc) is 2.99. The topological polar surface area (TPSA) is 50.8 Å². The molecule has 4 nitrogen and oxygen atoms in total. The summed E-state index contributed by atoms with van der Waals surface area (Å²) >= 11 is 12.1. The lowest BCUT2D eigenvalue weighted by atomic mass is 10.1. The number of halogens is 3. The number of aromatic nitrogens is 3. The van der Waals surface area contributed by atoms with E-state index in [4.69, 9.17) is 27.9 Å². The number of benzene rings is 1. The summed E-state index contributed by atoms with van der Waals surface area (Å²) in [5.41, 5.74) is 0.875. The minimum atomic E-state index is -0.605. The number of nitrogens with zero attached hydrogens (tertiary/aromatic N) is 2. The second kappa shape index (κ2) is 6.98. The molecule has 0 aliphatic carbocycles. The molecule has 0 aliphatic heterocycles. The Morgan fingerprint density at radius 2 is 1.96 bits per heavy atom. The maximum atomic E-state index is 13.2. The SMILES string of the molecule is Fc1cccc(OC(Cc2cc(Cl)cc(Cl)c2)c2ncc[nH]2)n1. The summed E-state index contributed by atoms with van der Waals surface area (Å²) in [4.78, 5) is 10.9. The van der Waals surface area contributed by atoms with E-state index in [0.717, 1.165) is 5.56 Å². The molecule has 0 amide bonds. The van der Waals surface area contributed by atoms with Crippen molar-refractivity contribution in [2.45, 2.75) is 12.5 Å². The molecule has 1 unspecified atom stereocenters. The van der Waals surface area contributed by atoms with Crippen molar-refractivity contribution in [3.63, 3.8) is 0 Å². The largest absolute Gasteiger partial charge is 0.466 e. The monoisotopic (exact) mass is 351 g/mol. The van der Waals surface area contributed by atoms with E-state index < -0.39 is 12.1 Å². The van der Waals surface area contributed by atoms with Crippen molar-refractivity contribution < 1.29 is 9.13 Å². The van der Waals surface area contributed by atoms with Crippen LogP contribution in [-0.2, 0) is 6.42 Å². The van der Waals surface area contributed by atoms with E-state index in [-0.39, 0.29) is 5.88 Å². The van der Waals surface area contributed by atoms with Gasteiger partial charge in [-0.3, -0.25) is 0 Å². The zero-order chi connectivity index (χ0) is 16.2. The first-order valence-electron chi connectivity index (χ1n) is 6.83. The number of pyridine rings is 1. The molecule has 2 heterocycles. The van der Waals surface area contributed by atoms with Crippen molar-refractivity contribution in [2.75, 3.05) is 0 Å². The van der Waals surface area contributed by atoms with Crippen LogP contribution < -0.4 is 4.74 Å². The lowest BCUT2D eigenvalue weighted by molar-refractivity contribution is 0.186. The predicted octanol–water partition coefficient (Wildman–Crippen LogP) is 4.61. The summed E-state index contributed by atoms with van der Waals surface area (Å²) in [5.74, 6) is 0.179. The van der Waals surface area contributed by atoms with E-state index in [9.17, 15) is 4.39 Å². The fourth-order valence-electron chi connectivity index (χ4n) is 2.19. The van der Waals surface area contributed by atoms with Crippen molar-refractivity contribution in [1.29, 1.82) is 0 Å². The molecular formula is C16H12Cl2FN3O. The van der Waals surface area contributed by atoms with E-state index in [2.05, 4.69) is 15.0 Å². The first-order valence-corrected chi connectivity index (χ1v) is 7.59. The molecule has 0 aliphatic rings. The smallest absolute Gasteiger partial charge is 0.216 e. The highest BCUT2D eigenvalue weighted by atomic mass is 35.5. The zero-order valence-electron chi connectivity index (χ0n) is 11.8. The summed E-state index contributed by atoms with van der Waals surface area (Å²) < 4.78 is 19.0.